The molecule has 0 aromatic heterocycles. The van der Waals surface area contributed by atoms with Crippen LogP contribution in [-0.4, -0.2) is 26.0 Å². The Hall–Kier alpha value is -1.14. The Kier molecular flexibility index (Phi) is 5.31. The molecule has 0 aliphatic rings. The van der Waals surface area contributed by atoms with E-state index >= 15 is 0 Å². The van der Waals surface area contributed by atoms with Crippen molar-refractivity contribution in [1.29, 1.82) is 0 Å². The second-order valence-corrected chi connectivity index (χ2v) is 7.41. The Morgan fingerprint density at radius 2 is 1.95 bits per heavy atom. The van der Waals surface area contributed by atoms with E-state index in [9.17, 15) is 12.8 Å². The molecule has 6 heteroatoms. The van der Waals surface area contributed by atoms with Crippen molar-refractivity contribution in [1.82, 2.24) is 0 Å². The van der Waals surface area contributed by atoms with Crippen LogP contribution in [0.4, 0.5) is 4.39 Å². The molecular formula is C13H20FNO3S. The molecule has 1 rings (SSSR count). The van der Waals surface area contributed by atoms with Crippen LogP contribution in [0, 0.1) is 5.82 Å². The molecule has 1 aromatic rings. The zero-order valence-electron chi connectivity index (χ0n) is 11.4. The summed E-state index contributed by atoms with van der Waals surface area (Å²) < 4.78 is 41.8. The Balaban J connectivity index is 2.74. The lowest BCUT2D eigenvalue weighted by molar-refractivity contribution is 0.334. The predicted octanol–water partition coefficient (Wildman–Crippen LogP) is 2.05. The Bertz CT molecular complexity index is 527. The molecule has 4 nitrogen and oxygen atoms in total. The van der Waals surface area contributed by atoms with E-state index in [2.05, 4.69) is 0 Å². The molecule has 0 radical (unpaired) electrons. The van der Waals surface area contributed by atoms with Gasteiger partial charge in [-0.3, -0.25) is 0 Å². The van der Waals surface area contributed by atoms with Crippen LogP contribution in [0.5, 0.6) is 5.75 Å². The number of nitrogens with two attached hydrogens (primary N) is 1. The fourth-order valence-electron chi connectivity index (χ4n) is 1.51. The number of rotatable bonds is 6. The number of halogens is 1. The van der Waals surface area contributed by atoms with Crippen molar-refractivity contribution in [2.24, 2.45) is 5.73 Å². The lowest BCUT2D eigenvalue weighted by Gasteiger charge is -2.14. The van der Waals surface area contributed by atoms with Gasteiger partial charge in [-0.05, 0) is 39.0 Å². The van der Waals surface area contributed by atoms with E-state index in [1.165, 1.54) is 18.2 Å². The zero-order chi connectivity index (χ0) is 14.6. The molecule has 0 saturated carbocycles. The Labute approximate surface area is 113 Å². The van der Waals surface area contributed by atoms with Crippen LogP contribution in [0.15, 0.2) is 18.2 Å². The normalized spacial score (nSPS) is 13.6. The molecule has 0 unspecified atom stereocenters. The van der Waals surface area contributed by atoms with Crippen LogP contribution in [0.25, 0.3) is 0 Å². The largest absolute Gasteiger partial charge is 0.492 e. The fraction of sp³-hybridized carbons (Fsp3) is 0.538. The van der Waals surface area contributed by atoms with E-state index in [1.54, 1.807) is 20.8 Å². The lowest BCUT2D eigenvalue weighted by Crippen LogP contribution is -2.22. The van der Waals surface area contributed by atoms with Gasteiger partial charge in [-0.25, -0.2) is 12.8 Å². The highest BCUT2D eigenvalue weighted by molar-refractivity contribution is 7.91. The van der Waals surface area contributed by atoms with E-state index < -0.39 is 20.9 Å². The molecule has 0 bridgehead atoms. The third-order valence-corrected chi connectivity index (χ3v) is 4.98. The standard InChI is InChI=1S/C13H20FNO3S/c1-9(2)19(16,17)7-6-18-13-5-4-11(14)8-12(13)10(3)15/h4-5,8-10H,6-7,15H2,1-3H3/t10-/m1/s1. The molecular weight excluding hydrogens is 269 g/mol. The van der Waals surface area contributed by atoms with Crippen molar-refractivity contribution in [3.63, 3.8) is 0 Å². The maximum absolute atomic E-state index is 13.1. The van der Waals surface area contributed by atoms with Crippen LogP contribution in [-0.2, 0) is 9.84 Å². The minimum Gasteiger partial charge on any atom is -0.492 e. The van der Waals surface area contributed by atoms with Gasteiger partial charge in [0.05, 0.1) is 11.0 Å². The van der Waals surface area contributed by atoms with Gasteiger partial charge in [-0.1, -0.05) is 0 Å². The van der Waals surface area contributed by atoms with Gasteiger partial charge >= 0.3 is 0 Å². The van der Waals surface area contributed by atoms with Crippen molar-refractivity contribution in [3.8, 4) is 5.75 Å². The average Bonchev–Trinajstić information content (AvgIpc) is 2.30. The number of benzene rings is 1. The summed E-state index contributed by atoms with van der Waals surface area (Å²) in [7, 11) is -3.14. The predicted molar refractivity (Wildman–Crippen MR) is 73.4 cm³/mol. The maximum atomic E-state index is 13.1. The zero-order valence-corrected chi connectivity index (χ0v) is 12.2. The summed E-state index contributed by atoms with van der Waals surface area (Å²) in [6.45, 7) is 5.00. The first-order valence-electron chi connectivity index (χ1n) is 6.13. The first-order chi connectivity index (χ1) is 8.74. The van der Waals surface area contributed by atoms with E-state index in [4.69, 9.17) is 10.5 Å². The second-order valence-electron chi connectivity index (χ2n) is 4.74. The van der Waals surface area contributed by atoms with E-state index in [0.29, 0.717) is 11.3 Å². The summed E-state index contributed by atoms with van der Waals surface area (Å²) in [5, 5.41) is -0.433. The summed E-state index contributed by atoms with van der Waals surface area (Å²) in [4.78, 5) is 0. The van der Waals surface area contributed by atoms with Gasteiger partial charge in [0.1, 0.15) is 18.2 Å². The Morgan fingerprint density at radius 3 is 2.47 bits per heavy atom. The number of hydrogen-bond acceptors (Lipinski definition) is 4. The second kappa shape index (κ2) is 6.34. The fourth-order valence-corrected chi connectivity index (χ4v) is 2.30. The molecule has 2 N–H and O–H groups in total. The highest BCUT2D eigenvalue weighted by atomic mass is 32.2. The molecule has 0 spiro atoms. The molecule has 0 amide bonds. The van der Waals surface area contributed by atoms with Crippen LogP contribution in [0.3, 0.4) is 0 Å². The molecule has 19 heavy (non-hydrogen) atoms. The summed E-state index contributed by atoms with van der Waals surface area (Å²) in [6, 6.07) is 3.65. The molecule has 0 heterocycles. The number of hydrogen-bond donors (Lipinski definition) is 1. The van der Waals surface area contributed by atoms with Gasteiger partial charge in [-0.2, -0.15) is 0 Å². The van der Waals surface area contributed by atoms with E-state index in [-0.39, 0.29) is 18.4 Å². The van der Waals surface area contributed by atoms with Crippen LogP contribution in [0.1, 0.15) is 32.4 Å². The quantitative estimate of drug-likeness (QED) is 0.870. The minimum atomic E-state index is -3.14. The van der Waals surface area contributed by atoms with Crippen molar-refractivity contribution in [3.05, 3.63) is 29.6 Å². The minimum absolute atomic E-state index is 0.0336. The van der Waals surface area contributed by atoms with Crippen LogP contribution >= 0.6 is 0 Å². The van der Waals surface area contributed by atoms with E-state index in [1.807, 2.05) is 0 Å². The number of ether oxygens (including phenoxy) is 1. The lowest BCUT2D eigenvalue weighted by atomic mass is 10.1. The summed E-state index contributed by atoms with van der Waals surface area (Å²) in [5.74, 6) is -0.0368. The highest BCUT2D eigenvalue weighted by Crippen LogP contribution is 2.24. The van der Waals surface area contributed by atoms with Gasteiger partial charge < -0.3 is 10.5 Å². The maximum Gasteiger partial charge on any atom is 0.155 e. The van der Waals surface area contributed by atoms with Crippen molar-refractivity contribution >= 4 is 9.84 Å². The van der Waals surface area contributed by atoms with Crippen molar-refractivity contribution in [2.45, 2.75) is 32.1 Å². The van der Waals surface area contributed by atoms with Crippen molar-refractivity contribution < 1.29 is 17.5 Å². The molecule has 1 atom stereocenters. The van der Waals surface area contributed by atoms with E-state index in [0.717, 1.165) is 0 Å². The van der Waals surface area contributed by atoms with Crippen molar-refractivity contribution in [2.75, 3.05) is 12.4 Å². The highest BCUT2D eigenvalue weighted by Gasteiger charge is 2.17. The molecule has 0 aliphatic heterocycles. The molecule has 0 fully saturated rings. The first-order valence-corrected chi connectivity index (χ1v) is 7.85. The molecule has 108 valence electrons. The topological polar surface area (TPSA) is 69.4 Å². The third kappa shape index (κ3) is 4.47. The van der Waals surface area contributed by atoms with Gasteiger partial charge in [0.25, 0.3) is 0 Å². The van der Waals surface area contributed by atoms with Gasteiger partial charge in [0, 0.05) is 11.6 Å². The molecule has 0 aliphatic carbocycles. The van der Waals surface area contributed by atoms with Crippen LogP contribution in [0.2, 0.25) is 0 Å². The average molecular weight is 289 g/mol. The first kappa shape index (κ1) is 15.9. The molecule has 1 aromatic carbocycles. The SMILES string of the molecule is CC(C)S(=O)(=O)CCOc1ccc(F)cc1[C@@H](C)N. The van der Waals surface area contributed by atoms with Gasteiger partial charge in [0.2, 0.25) is 0 Å². The van der Waals surface area contributed by atoms with Gasteiger partial charge in [-0.15, -0.1) is 0 Å². The molecule has 0 saturated heterocycles. The third-order valence-electron chi connectivity index (χ3n) is 2.81. The van der Waals surface area contributed by atoms with Gasteiger partial charge in [0.15, 0.2) is 9.84 Å². The monoisotopic (exact) mass is 289 g/mol. The van der Waals surface area contributed by atoms with Crippen LogP contribution < -0.4 is 10.5 Å². The smallest absolute Gasteiger partial charge is 0.155 e. The summed E-state index contributed by atoms with van der Waals surface area (Å²) in [5.41, 5.74) is 6.25. The summed E-state index contributed by atoms with van der Waals surface area (Å²) in [6.07, 6.45) is 0. The number of sulfone groups is 1. The Morgan fingerprint density at radius 1 is 1.32 bits per heavy atom. The summed E-state index contributed by atoms with van der Waals surface area (Å²) >= 11 is 0.